The van der Waals surface area contributed by atoms with Crippen molar-refractivity contribution in [3.8, 4) is 11.5 Å². The number of anilines is 1. The molecular formula is C24H34N2O3. The van der Waals surface area contributed by atoms with Gasteiger partial charge in [0.2, 0.25) is 0 Å². The molecule has 0 aliphatic rings. The molecule has 0 atom stereocenters. The number of rotatable bonds is 8. The number of para-hydroxylation sites is 1. The van der Waals surface area contributed by atoms with Crippen LogP contribution in [0.2, 0.25) is 0 Å². The van der Waals surface area contributed by atoms with Gasteiger partial charge in [0.1, 0.15) is 0 Å². The zero-order valence-electron chi connectivity index (χ0n) is 18.7. The number of amides is 2. The van der Waals surface area contributed by atoms with Crippen molar-refractivity contribution in [3.63, 3.8) is 0 Å². The highest BCUT2D eigenvalue weighted by Crippen LogP contribution is 2.32. The Labute approximate surface area is 175 Å². The molecule has 1 N–H and O–H groups in total. The van der Waals surface area contributed by atoms with Crippen LogP contribution in [0.3, 0.4) is 0 Å². The quantitative estimate of drug-likeness (QED) is 0.624. The predicted molar refractivity (Wildman–Crippen MR) is 120 cm³/mol. The maximum Gasteiger partial charge on any atom is 0.321 e. The lowest BCUT2D eigenvalue weighted by molar-refractivity contribution is 0.223. The molecule has 5 heteroatoms. The molecule has 0 aromatic heterocycles. The average Bonchev–Trinajstić information content (AvgIpc) is 2.71. The first kappa shape index (κ1) is 22.6. The van der Waals surface area contributed by atoms with Crippen molar-refractivity contribution in [2.75, 3.05) is 33.1 Å². The monoisotopic (exact) mass is 398 g/mol. The van der Waals surface area contributed by atoms with Crippen LogP contribution in [0.1, 0.15) is 56.2 Å². The molecular weight excluding hydrogens is 364 g/mol. The number of hydrogen-bond acceptors (Lipinski definition) is 3. The first-order valence-corrected chi connectivity index (χ1v) is 10.1. The number of nitrogens with zero attached hydrogens (tertiary/aromatic N) is 1. The van der Waals surface area contributed by atoms with Gasteiger partial charge in [-0.05, 0) is 47.1 Å². The van der Waals surface area contributed by atoms with Gasteiger partial charge in [-0.2, -0.15) is 0 Å². The van der Waals surface area contributed by atoms with E-state index in [-0.39, 0.29) is 6.03 Å². The van der Waals surface area contributed by atoms with E-state index in [4.69, 9.17) is 9.47 Å². The zero-order chi connectivity index (χ0) is 21.6. The second-order valence-corrected chi connectivity index (χ2v) is 7.91. The van der Waals surface area contributed by atoms with Gasteiger partial charge in [0.05, 0.1) is 14.2 Å². The molecule has 2 amide bonds. The fourth-order valence-electron chi connectivity index (χ4n) is 3.33. The zero-order valence-corrected chi connectivity index (χ0v) is 18.7. The number of urea groups is 1. The van der Waals surface area contributed by atoms with Crippen LogP contribution in [0.15, 0.2) is 36.4 Å². The molecule has 0 saturated heterocycles. The van der Waals surface area contributed by atoms with Gasteiger partial charge in [-0.3, -0.25) is 0 Å². The maximum atomic E-state index is 12.9. The predicted octanol–water partition coefficient (Wildman–Crippen LogP) is 5.66. The van der Waals surface area contributed by atoms with Crippen LogP contribution in [-0.2, 0) is 6.42 Å². The van der Waals surface area contributed by atoms with E-state index < -0.39 is 0 Å². The summed E-state index contributed by atoms with van der Waals surface area (Å²) in [4.78, 5) is 14.6. The Balaban J connectivity index is 2.10. The third kappa shape index (κ3) is 5.66. The first-order chi connectivity index (χ1) is 13.8. The Morgan fingerprint density at radius 3 is 2.07 bits per heavy atom. The molecule has 5 nitrogen and oxygen atoms in total. The molecule has 0 unspecified atom stereocenters. The van der Waals surface area contributed by atoms with Crippen molar-refractivity contribution in [1.82, 2.24) is 4.90 Å². The number of ether oxygens (including phenoxy) is 2. The van der Waals surface area contributed by atoms with E-state index in [0.29, 0.717) is 29.9 Å². The topological polar surface area (TPSA) is 50.8 Å². The summed E-state index contributed by atoms with van der Waals surface area (Å²) < 4.78 is 10.6. The lowest BCUT2D eigenvalue weighted by Gasteiger charge is -2.23. The fourth-order valence-corrected chi connectivity index (χ4v) is 3.33. The van der Waals surface area contributed by atoms with E-state index in [2.05, 4.69) is 51.2 Å². The SMILES string of the molecule is COc1ccc(CCN(C)C(=O)Nc2c(C(C)C)cccc2C(C)C)cc1OC. The summed E-state index contributed by atoms with van der Waals surface area (Å²) in [7, 11) is 5.07. The Hall–Kier alpha value is -2.69. The van der Waals surface area contributed by atoms with Crippen molar-refractivity contribution in [1.29, 1.82) is 0 Å². The van der Waals surface area contributed by atoms with Crippen molar-refractivity contribution in [2.45, 2.75) is 46.0 Å². The van der Waals surface area contributed by atoms with E-state index in [0.717, 1.165) is 28.8 Å². The van der Waals surface area contributed by atoms with E-state index in [1.165, 1.54) is 0 Å². The molecule has 0 aliphatic heterocycles. The fraction of sp³-hybridized carbons (Fsp3) is 0.458. The molecule has 2 rings (SSSR count). The summed E-state index contributed by atoms with van der Waals surface area (Å²) in [5.74, 6) is 2.07. The average molecular weight is 399 g/mol. The number of carbonyl (C=O) groups is 1. The molecule has 2 aromatic carbocycles. The highest BCUT2D eigenvalue weighted by molar-refractivity contribution is 5.91. The molecule has 0 spiro atoms. The third-order valence-electron chi connectivity index (χ3n) is 5.14. The highest BCUT2D eigenvalue weighted by Gasteiger charge is 2.18. The lowest BCUT2D eigenvalue weighted by Crippen LogP contribution is -2.33. The number of benzene rings is 2. The van der Waals surface area contributed by atoms with Gasteiger partial charge >= 0.3 is 6.03 Å². The second-order valence-electron chi connectivity index (χ2n) is 7.91. The lowest BCUT2D eigenvalue weighted by atomic mass is 9.93. The van der Waals surface area contributed by atoms with Crippen LogP contribution in [0.25, 0.3) is 0 Å². The van der Waals surface area contributed by atoms with Crippen molar-refractivity contribution < 1.29 is 14.3 Å². The standard InChI is InChI=1S/C24H34N2O3/c1-16(2)19-9-8-10-20(17(3)4)23(19)25-24(27)26(5)14-13-18-11-12-21(28-6)22(15-18)29-7/h8-12,15-17H,13-14H2,1-7H3,(H,25,27). The number of hydrogen-bond donors (Lipinski definition) is 1. The number of carbonyl (C=O) groups excluding carboxylic acids is 1. The van der Waals surface area contributed by atoms with Gasteiger partial charge < -0.3 is 19.7 Å². The van der Waals surface area contributed by atoms with Gasteiger partial charge in [0.15, 0.2) is 11.5 Å². The van der Waals surface area contributed by atoms with Crippen LogP contribution >= 0.6 is 0 Å². The molecule has 0 saturated carbocycles. The summed E-state index contributed by atoms with van der Waals surface area (Å²) in [5, 5.41) is 3.16. The molecule has 0 heterocycles. The Morgan fingerprint density at radius 2 is 1.55 bits per heavy atom. The third-order valence-corrected chi connectivity index (χ3v) is 5.14. The minimum atomic E-state index is -0.0968. The second kappa shape index (κ2) is 10.2. The van der Waals surface area contributed by atoms with Crippen molar-refractivity contribution in [2.24, 2.45) is 0 Å². The Bertz CT molecular complexity index is 805. The Morgan fingerprint density at radius 1 is 0.966 bits per heavy atom. The van der Waals surface area contributed by atoms with Crippen LogP contribution in [-0.4, -0.2) is 38.7 Å². The van der Waals surface area contributed by atoms with Gasteiger partial charge in [0, 0.05) is 19.3 Å². The van der Waals surface area contributed by atoms with Crippen LogP contribution < -0.4 is 14.8 Å². The molecule has 0 bridgehead atoms. The van der Waals surface area contributed by atoms with Crippen LogP contribution in [0.4, 0.5) is 10.5 Å². The minimum Gasteiger partial charge on any atom is -0.493 e. The van der Waals surface area contributed by atoms with Gasteiger partial charge in [-0.15, -0.1) is 0 Å². The largest absolute Gasteiger partial charge is 0.493 e. The molecule has 0 radical (unpaired) electrons. The highest BCUT2D eigenvalue weighted by atomic mass is 16.5. The van der Waals surface area contributed by atoms with Gasteiger partial charge in [0.25, 0.3) is 0 Å². The summed E-state index contributed by atoms with van der Waals surface area (Å²) in [6.45, 7) is 9.19. The normalized spacial score (nSPS) is 10.9. The van der Waals surface area contributed by atoms with Crippen LogP contribution in [0, 0.1) is 0 Å². The molecule has 29 heavy (non-hydrogen) atoms. The van der Waals surface area contributed by atoms with Gasteiger partial charge in [-0.25, -0.2) is 4.79 Å². The smallest absolute Gasteiger partial charge is 0.321 e. The molecule has 2 aromatic rings. The maximum absolute atomic E-state index is 12.9. The van der Waals surface area contributed by atoms with Crippen molar-refractivity contribution in [3.05, 3.63) is 53.1 Å². The molecule has 0 fully saturated rings. The molecule has 0 aliphatic carbocycles. The van der Waals surface area contributed by atoms with E-state index >= 15 is 0 Å². The number of nitrogens with one attached hydrogen (secondary N) is 1. The summed E-state index contributed by atoms with van der Waals surface area (Å²) in [6.07, 6.45) is 0.729. The van der Waals surface area contributed by atoms with E-state index in [1.807, 2.05) is 25.2 Å². The van der Waals surface area contributed by atoms with E-state index in [9.17, 15) is 4.79 Å². The molecule has 158 valence electrons. The summed E-state index contributed by atoms with van der Waals surface area (Å²) in [6, 6.07) is 12.0. The number of likely N-dealkylation sites (N-methyl/N-ethyl adjacent to an activating group) is 1. The summed E-state index contributed by atoms with van der Waals surface area (Å²) in [5.41, 5.74) is 4.36. The van der Waals surface area contributed by atoms with E-state index in [1.54, 1.807) is 19.1 Å². The first-order valence-electron chi connectivity index (χ1n) is 10.1. The van der Waals surface area contributed by atoms with Gasteiger partial charge in [-0.1, -0.05) is 52.0 Å². The van der Waals surface area contributed by atoms with Crippen LogP contribution in [0.5, 0.6) is 11.5 Å². The number of methoxy groups -OCH3 is 2. The minimum absolute atomic E-state index is 0.0968. The summed E-state index contributed by atoms with van der Waals surface area (Å²) >= 11 is 0. The van der Waals surface area contributed by atoms with Crippen molar-refractivity contribution >= 4 is 11.7 Å². The Kier molecular flexibility index (Phi) is 7.94.